The number of rotatable bonds is 8. The summed E-state index contributed by atoms with van der Waals surface area (Å²) in [4.78, 5) is 27.5. The van der Waals surface area contributed by atoms with Crippen LogP contribution in [-0.4, -0.2) is 51.1 Å². The van der Waals surface area contributed by atoms with Crippen LogP contribution in [-0.2, 0) is 22.4 Å². The number of para-hydroxylation sites is 2. The van der Waals surface area contributed by atoms with Crippen molar-refractivity contribution in [1.29, 1.82) is 0 Å². The lowest BCUT2D eigenvalue weighted by molar-refractivity contribution is -1.00. The van der Waals surface area contributed by atoms with Crippen molar-refractivity contribution in [2.75, 3.05) is 49.9 Å². The van der Waals surface area contributed by atoms with Gasteiger partial charge in [0.2, 0.25) is 0 Å². The van der Waals surface area contributed by atoms with Gasteiger partial charge in [-0.15, -0.1) is 0 Å². The number of hydrogen-bond acceptors (Lipinski definition) is 2. The predicted octanol–water partition coefficient (Wildman–Crippen LogP) is 0.172. The van der Waals surface area contributed by atoms with Crippen molar-refractivity contribution in [2.45, 2.75) is 26.7 Å². The van der Waals surface area contributed by atoms with Gasteiger partial charge in [-0.1, -0.05) is 50.2 Å². The van der Waals surface area contributed by atoms with E-state index in [1.165, 1.54) is 9.80 Å². The molecule has 1 heterocycles. The first-order valence-corrected chi connectivity index (χ1v) is 11.0. The van der Waals surface area contributed by atoms with Crippen LogP contribution < -0.4 is 20.4 Å². The molecule has 6 heteroatoms. The van der Waals surface area contributed by atoms with Gasteiger partial charge in [0.05, 0.1) is 0 Å². The third kappa shape index (κ3) is 6.15. The van der Waals surface area contributed by atoms with Crippen LogP contribution in [0.25, 0.3) is 0 Å². The van der Waals surface area contributed by atoms with E-state index in [4.69, 9.17) is 0 Å². The summed E-state index contributed by atoms with van der Waals surface area (Å²) in [5, 5.41) is 6.12. The van der Waals surface area contributed by atoms with E-state index in [0.29, 0.717) is 13.1 Å². The van der Waals surface area contributed by atoms with Crippen LogP contribution in [0.2, 0.25) is 0 Å². The smallest absolute Gasteiger partial charge is 0.279 e. The molecule has 0 aromatic heterocycles. The highest BCUT2D eigenvalue weighted by atomic mass is 16.2. The molecule has 0 radical (unpaired) electrons. The Balaban J connectivity index is 1.42. The second-order valence-electron chi connectivity index (χ2n) is 7.97. The lowest BCUT2D eigenvalue weighted by Crippen LogP contribution is -3.28. The Morgan fingerprint density at radius 3 is 1.43 bits per heavy atom. The molecule has 2 amide bonds. The third-order valence-corrected chi connectivity index (χ3v) is 5.83. The number of piperazine rings is 1. The zero-order chi connectivity index (χ0) is 21.3. The zero-order valence-corrected chi connectivity index (χ0v) is 18.1. The van der Waals surface area contributed by atoms with Gasteiger partial charge in [-0.2, -0.15) is 0 Å². The van der Waals surface area contributed by atoms with Gasteiger partial charge in [-0.3, -0.25) is 9.59 Å². The molecule has 1 saturated heterocycles. The molecular weight excluding hydrogens is 376 g/mol. The second kappa shape index (κ2) is 10.9. The molecule has 2 aromatic rings. The molecule has 30 heavy (non-hydrogen) atoms. The van der Waals surface area contributed by atoms with Crippen molar-refractivity contribution in [3.8, 4) is 0 Å². The van der Waals surface area contributed by atoms with Gasteiger partial charge in [-0.05, 0) is 36.1 Å². The summed E-state index contributed by atoms with van der Waals surface area (Å²) < 4.78 is 0. The molecule has 0 saturated carbocycles. The molecule has 0 spiro atoms. The van der Waals surface area contributed by atoms with E-state index in [1.54, 1.807) is 0 Å². The van der Waals surface area contributed by atoms with E-state index < -0.39 is 0 Å². The Bertz CT molecular complexity index is 788. The summed E-state index contributed by atoms with van der Waals surface area (Å²) in [6.07, 6.45) is 1.80. The first-order chi connectivity index (χ1) is 14.6. The molecule has 0 unspecified atom stereocenters. The number of aryl methyl sites for hydroxylation is 2. The van der Waals surface area contributed by atoms with E-state index in [9.17, 15) is 9.59 Å². The van der Waals surface area contributed by atoms with Gasteiger partial charge < -0.3 is 20.4 Å². The average Bonchev–Trinajstić information content (AvgIpc) is 2.76. The molecular formula is C24H34N4O2+2. The Morgan fingerprint density at radius 1 is 0.700 bits per heavy atom. The van der Waals surface area contributed by atoms with E-state index in [0.717, 1.165) is 61.5 Å². The van der Waals surface area contributed by atoms with Gasteiger partial charge in [0.1, 0.15) is 26.2 Å². The number of amides is 2. The van der Waals surface area contributed by atoms with Crippen molar-refractivity contribution in [1.82, 2.24) is 0 Å². The molecule has 0 bridgehead atoms. The molecule has 160 valence electrons. The number of benzene rings is 2. The summed E-state index contributed by atoms with van der Waals surface area (Å²) >= 11 is 0. The third-order valence-electron chi connectivity index (χ3n) is 5.83. The maximum Gasteiger partial charge on any atom is 0.279 e. The van der Waals surface area contributed by atoms with Gasteiger partial charge >= 0.3 is 0 Å². The monoisotopic (exact) mass is 410 g/mol. The van der Waals surface area contributed by atoms with E-state index in [-0.39, 0.29) is 11.8 Å². The fourth-order valence-electron chi connectivity index (χ4n) is 4.05. The lowest BCUT2D eigenvalue weighted by Gasteiger charge is -2.29. The van der Waals surface area contributed by atoms with E-state index >= 15 is 0 Å². The Morgan fingerprint density at radius 2 is 1.07 bits per heavy atom. The number of carbonyl (C=O) groups is 2. The van der Waals surface area contributed by atoms with Crippen molar-refractivity contribution in [3.63, 3.8) is 0 Å². The molecule has 3 rings (SSSR count). The Kier molecular flexibility index (Phi) is 7.99. The van der Waals surface area contributed by atoms with Crippen LogP contribution >= 0.6 is 0 Å². The summed E-state index contributed by atoms with van der Waals surface area (Å²) in [5.41, 5.74) is 4.15. The van der Waals surface area contributed by atoms with E-state index in [2.05, 4.69) is 36.6 Å². The minimum atomic E-state index is 0.0586. The first kappa shape index (κ1) is 22.0. The van der Waals surface area contributed by atoms with Crippen LogP contribution in [0.4, 0.5) is 11.4 Å². The van der Waals surface area contributed by atoms with Crippen LogP contribution in [0.15, 0.2) is 48.5 Å². The Labute approximate surface area is 179 Å². The fraction of sp³-hybridized carbons (Fsp3) is 0.417. The van der Waals surface area contributed by atoms with Crippen LogP contribution in [0.1, 0.15) is 25.0 Å². The molecule has 0 atom stereocenters. The zero-order valence-electron chi connectivity index (χ0n) is 18.1. The topological polar surface area (TPSA) is 67.1 Å². The number of hydrogen-bond donors (Lipinski definition) is 4. The first-order valence-electron chi connectivity index (χ1n) is 11.0. The fourth-order valence-corrected chi connectivity index (χ4v) is 4.05. The van der Waals surface area contributed by atoms with Crippen LogP contribution in [0.3, 0.4) is 0 Å². The summed E-state index contributed by atoms with van der Waals surface area (Å²) in [5.74, 6) is 0.117. The summed E-state index contributed by atoms with van der Waals surface area (Å²) in [7, 11) is 0. The Hall–Kier alpha value is -2.70. The number of nitrogens with one attached hydrogen (secondary N) is 4. The highest BCUT2D eigenvalue weighted by Crippen LogP contribution is 2.15. The largest absolute Gasteiger partial charge is 0.321 e. The van der Waals surface area contributed by atoms with Gasteiger partial charge in [0, 0.05) is 11.4 Å². The highest BCUT2D eigenvalue weighted by Gasteiger charge is 2.26. The molecule has 6 nitrogen and oxygen atoms in total. The second-order valence-corrected chi connectivity index (χ2v) is 7.97. The van der Waals surface area contributed by atoms with Gasteiger partial charge in [-0.25, -0.2) is 0 Å². The van der Waals surface area contributed by atoms with Gasteiger partial charge in [0.15, 0.2) is 13.1 Å². The average molecular weight is 411 g/mol. The summed E-state index contributed by atoms with van der Waals surface area (Å²) in [6.45, 7) is 8.73. The molecule has 1 fully saturated rings. The lowest BCUT2D eigenvalue weighted by atomic mass is 10.1. The van der Waals surface area contributed by atoms with Crippen LogP contribution in [0.5, 0.6) is 0 Å². The molecule has 1 aliphatic rings. The van der Waals surface area contributed by atoms with Crippen molar-refractivity contribution in [2.24, 2.45) is 0 Å². The number of anilines is 2. The molecule has 1 aliphatic heterocycles. The quantitative estimate of drug-likeness (QED) is 0.501. The summed E-state index contributed by atoms with van der Waals surface area (Å²) in [6, 6.07) is 15.9. The van der Waals surface area contributed by atoms with Crippen molar-refractivity contribution < 1.29 is 19.4 Å². The van der Waals surface area contributed by atoms with Crippen molar-refractivity contribution in [3.05, 3.63) is 59.7 Å². The maximum atomic E-state index is 12.5. The minimum absolute atomic E-state index is 0.0586. The molecule has 2 aromatic carbocycles. The highest BCUT2D eigenvalue weighted by molar-refractivity contribution is 5.92. The van der Waals surface area contributed by atoms with E-state index in [1.807, 2.05) is 36.4 Å². The number of carbonyl (C=O) groups excluding carboxylic acids is 2. The number of quaternary nitrogens is 2. The van der Waals surface area contributed by atoms with Gasteiger partial charge in [0.25, 0.3) is 11.8 Å². The van der Waals surface area contributed by atoms with Crippen molar-refractivity contribution >= 4 is 23.2 Å². The SMILES string of the molecule is CCc1ccccc1NC(=O)C[NH+]1CC[NH+](CC(=O)Nc2ccccc2CC)CC1. The molecule has 0 aliphatic carbocycles. The molecule has 4 N–H and O–H groups in total. The maximum absolute atomic E-state index is 12.5. The standard InChI is InChI=1S/C24H32N4O2/c1-3-19-9-5-7-11-21(19)25-23(29)17-27-13-15-28(16-14-27)18-24(30)26-22-12-8-6-10-20(22)4-2/h5-12H,3-4,13-18H2,1-2H3,(H,25,29)(H,26,30)/p+2. The normalized spacial score (nSPS) is 18.6. The predicted molar refractivity (Wildman–Crippen MR) is 120 cm³/mol. The minimum Gasteiger partial charge on any atom is -0.321 e. The van der Waals surface area contributed by atoms with Crippen LogP contribution in [0, 0.1) is 0 Å².